The van der Waals surface area contributed by atoms with Gasteiger partial charge in [0.1, 0.15) is 0 Å². The monoisotopic (exact) mass is 294 g/mol. The molecule has 0 saturated heterocycles. The number of hydrogen-bond acceptors (Lipinski definition) is 3. The summed E-state index contributed by atoms with van der Waals surface area (Å²) in [6, 6.07) is 6.09. The Morgan fingerprint density at radius 1 is 1.20 bits per heavy atom. The number of azide groups is 1. The molecule has 1 fully saturated rings. The normalized spacial score (nSPS) is 16.9. The third-order valence-electron chi connectivity index (χ3n) is 3.76. The molecule has 1 aliphatic carbocycles. The molecule has 0 bridgehead atoms. The van der Waals surface area contributed by atoms with Crippen LogP contribution in [0.25, 0.3) is 10.4 Å². The zero-order valence-electron chi connectivity index (χ0n) is 11.4. The van der Waals surface area contributed by atoms with Gasteiger partial charge in [-0.2, -0.15) is 4.31 Å². The Hall–Kier alpha value is -1.56. The third kappa shape index (κ3) is 3.12. The second-order valence-corrected chi connectivity index (χ2v) is 6.99. The molecule has 108 valence electrons. The lowest BCUT2D eigenvalue weighted by Gasteiger charge is -2.30. The molecule has 6 nitrogen and oxygen atoms in total. The molecule has 2 rings (SSSR count). The maximum absolute atomic E-state index is 12.5. The average molecular weight is 294 g/mol. The van der Waals surface area contributed by atoms with Gasteiger partial charge >= 0.3 is 0 Å². The van der Waals surface area contributed by atoms with Crippen molar-refractivity contribution in [3.8, 4) is 0 Å². The van der Waals surface area contributed by atoms with Crippen LogP contribution in [0.3, 0.4) is 0 Å². The molecule has 0 N–H and O–H groups in total. The van der Waals surface area contributed by atoms with Crippen LogP contribution >= 0.6 is 0 Å². The summed E-state index contributed by atoms with van der Waals surface area (Å²) in [6.07, 6.45) is 5.20. The van der Waals surface area contributed by atoms with E-state index in [0.29, 0.717) is 5.69 Å². The van der Waals surface area contributed by atoms with Crippen molar-refractivity contribution in [2.24, 2.45) is 5.11 Å². The van der Waals surface area contributed by atoms with Gasteiger partial charge in [-0.15, -0.1) is 0 Å². The van der Waals surface area contributed by atoms with Crippen LogP contribution in [0.15, 0.2) is 34.3 Å². The maximum atomic E-state index is 12.5. The number of benzene rings is 1. The van der Waals surface area contributed by atoms with Gasteiger partial charge in [0.15, 0.2) is 0 Å². The highest BCUT2D eigenvalue weighted by Crippen LogP contribution is 2.27. The minimum Gasteiger partial charge on any atom is -0.207 e. The van der Waals surface area contributed by atoms with Crippen LogP contribution in [0.4, 0.5) is 5.69 Å². The first kappa shape index (κ1) is 14.8. The molecular formula is C13H18N4O2S. The van der Waals surface area contributed by atoms with E-state index in [1.54, 1.807) is 7.05 Å². The van der Waals surface area contributed by atoms with Crippen LogP contribution in [-0.2, 0) is 10.0 Å². The summed E-state index contributed by atoms with van der Waals surface area (Å²) in [5, 5.41) is 3.44. The smallest absolute Gasteiger partial charge is 0.207 e. The van der Waals surface area contributed by atoms with Crippen LogP contribution in [0.1, 0.15) is 32.1 Å². The number of rotatable bonds is 4. The molecule has 0 unspecified atom stereocenters. The van der Waals surface area contributed by atoms with E-state index in [4.69, 9.17) is 5.53 Å². The van der Waals surface area contributed by atoms with E-state index < -0.39 is 10.0 Å². The molecule has 1 aromatic rings. The van der Waals surface area contributed by atoms with Crippen molar-refractivity contribution in [2.45, 2.75) is 43.0 Å². The second kappa shape index (κ2) is 6.26. The van der Waals surface area contributed by atoms with E-state index in [1.807, 2.05) is 0 Å². The average Bonchev–Trinajstić information content (AvgIpc) is 2.48. The lowest BCUT2D eigenvalue weighted by molar-refractivity contribution is 0.286. The van der Waals surface area contributed by atoms with Crippen molar-refractivity contribution < 1.29 is 8.42 Å². The standard InChI is InChI=1S/C13H18N4O2S/c1-17(12-5-3-2-4-6-12)20(18,19)13-9-7-11(8-10-13)15-16-14/h7-10,12H,2-6H2,1H3. The molecule has 0 heterocycles. The zero-order valence-corrected chi connectivity index (χ0v) is 12.3. The first-order chi connectivity index (χ1) is 9.55. The van der Waals surface area contributed by atoms with E-state index >= 15 is 0 Å². The SMILES string of the molecule is CN(C1CCCCC1)S(=O)(=O)c1ccc(N=[N+]=[N-])cc1. The van der Waals surface area contributed by atoms with Gasteiger partial charge in [0.25, 0.3) is 0 Å². The van der Waals surface area contributed by atoms with Gasteiger partial charge in [-0.25, -0.2) is 8.42 Å². The molecule has 1 aromatic carbocycles. The van der Waals surface area contributed by atoms with E-state index in [1.165, 1.54) is 35.0 Å². The Morgan fingerprint density at radius 2 is 1.80 bits per heavy atom. The Kier molecular flexibility index (Phi) is 4.65. The van der Waals surface area contributed by atoms with Crippen molar-refractivity contribution in [2.75, 3.05) is 7.05 Å². The van der Waals surface area contributed by atoms with Crippen molar-refractivity contribution in [3.63, 3.8) is 0 Å². The van der Waals surface area contributed by atoms with E-state index in [2.05, 4.69) is 10.0 Å². The molecule has 1 aliphatic rings. The fourth-order valence-corrected chi connectivity index (χ4v) is 3.96. The summed E-state index contributed by atoms with van der Waals surface area (Å²) >= 11 is 0. The molecule has 0 aromatic heterocycles. The Labute approximate surface area is 119 Å². The first-order valence-corrected chi connectivity index (χ1v) is 8.13. The fourth-order valence-electron chi connectivity index (χ4n) is 2.54. The maximum Gasteiger partial charge on any atom is 0.243 e. The summed E-state index contributed by atoms with van der Waals surface area (Å²) in [6.45, 7) is 0. The Bertz CT molecular complexity index is 600. The number of sulfonamides is 1. The highest BCUT2D eigenvalue weighted by Gasteiger charge is 2.28. The minimum absolute atomic E-state index is 0.0885. The van der Waals surface area contributed by atoms with Gasteiger partial charge < -0.3 is 0 Å². The summed E-state index contributed by atoms with van der Waals surface area (Å²) in [5.74, 6) is 0. The molecule has 7 heteroatoms. The molecule has 0 aliphatic heterocycles. The molecule has 1 saturated carbocycles. The Morgan fingerprint density at radius 3 is 2.35 bits per heavy atom. The molecule has 0 amide bonds. The zero-order chi connectivity index (χ0) is 14.6. The van der Waals surface area contributed by atoms with Crippen LogP contribution in [-0.4, -0.2) is 25.8 Å². The lowest BCUT2D eigenvalue weighted by atomic mass is 9.96. The van der Waals surface area contributed by atoms with Gasteiger partial charge in [-0.05, 0) is 30.5 Å². The fraction of sp³-hybridized carbons (Fsp3) is 0.538. The van der Waals surface area contributed by atoms with Crippen molar-refractivity contribution >= 4 is 15.7 Å². The van der Waals surface area contributed by atoms with Crippen molar-refractivity contribution in [1.29, 1.82) is 0 Å². The molecular weight excluding hydrogens is 276 g/mol. The summed E-state index contributed by atoms with van der Waals surface area (Å²) < 4.78 is 26.5. The number of hydrogen-bond donors (Lipinski definition) is 0. The second-order valence-electron chi connectivity index (χ2n) is 5.00. The first-order valence-electron chi connectivity index (χ1n) is 6.69. The highest BCUT2D eigenvalue weighted by atomic mass is 32.2. The lowest BCUT2D eigenvalue weighted by Crippen LogP contribution is -2.38. The molecule has 0 radical (unpaired) electrons. The summed E-state index contributed by atoms with van der Waals surface area (Å²) in [5.41, 5.74) is 8.75. The van der Waals surface area contributed by atoms with Crippen LogP contribution in [0.5, 0.6) is 0 Å². The predicted molar refractivity (Wildman–Crippen MR) is 77.1 cm³/mol. The largest absolute Gasteiger partial charge is 0.243 e. The van der Waals surface area contributed by atoms with Gasteiger partial charge in [-0.3, -0.25) is 0 Å². The summed E-state index contributed by atoms with van der Waals surface area (Å²) in [7, 11) is -1.83. The van der Waals surface area contributed by atoms with Gasteiger partial charge in [0.05, 0.1) is 4.90 Å². The topological polar surface area (TPSA) is 86.1 Å². The van der Waals surface area contributed by atoms with Crippen molar-refractivity contribution in [3.05, 3.63) is 34.7 Å². The summed E-state index contributed by atoms with van der Waals surface area (Å²) in [4.78, 5) is 2.91. The molecule has 0 spiro atoms. The number of nitrogens with zero attached hydrogens (tertiary/aromatic N) is 4. The quantitative estimate of drug-likeness (QED) is 0.483. The van der Waals surface area contributed by atoms with Gasteiger partial charge in [0, 0.05) is 23.7 Å². The van der Waals surface area contributed by atoms with Crippen molar-refractivity contribution in [1.82, 2.24) is 4.31 Å². The van der Waals surface area contributed by atoms with Gasteiger partial charge in [-0.1, -0.05) is 36.5 Å². The predicted octanol–water partition coefficient (Wildman–Crippen LogP) is 3.58. The van der Waals surface area contributed by atoms with E-state index in [-0.39, 0.29) is 10.9 Å². The molecule has 20 heavy (non-hydrogen) atoms. The molecule has 0 atom stereocenters. The van der Waals surface area contributed by atoms with Crippen LogP contribution < -0.4 is 0 Å². The van der Waals surface area contributed by atoms with Gasteiger partial charge in [0.2, 0.25) is 10.0 Å². The third-order valence-corrected chi connectivity index (χ3v) is 5.69. The Balaban J connectivity index is 2.22. The van der Waals surface area contributed by atoms with Crippen LogP contribution in [0, 0.1) is 0 Å². The van der Waals surface area contributed by atoms with E-state index in [0.717, 1.165) is 25.7 Å². The highest BCUT2D eigenvalue weighted by molar-refractivity contribution is 7.89. The van der Waals surface area contributed by atoms with E-state index in [9.17, 15) is 8.42 Å². The van der Waals surface area contributed by atoms with Crippen LogP contribution in [0.2, 0.25) is 0 Å². The minimum atomic E-state index is -3.47.